The van der Waals surface area contributed by atoms with E-state index in [1.165, 1.54) is 0 Å². The van der Waals surface area contributed by atoms with Crippen LogP contribution in [0, 0.1) is 0 Å². The molecule has 1 N–H and O–H groups in total. The molecular weight excluding hydrogens is 364 g/mol. The summed E-state index contributed by atoms with van der Waals surface area (Å²) in [6.45, 7) is 5.70. The monoisotopic (exact) mass is 394 g/mol. The van der Waals surface area contributed by atoms with E-state index in [4.69, 9.17) is 4.74 Å². The lowest BCUT2D eigenvalue weighted by atomic mass is 9.99. The van der Waals surface area contributed by atoms with Crippen LogP contribution in [-0.2, 0) is 11.8 Å². The van der Waals surface area contributed by atoms with E-state index in [0.717, 1.165) is 64.7 Å². The van der Waals surface area contributed by atoms with Gasteiger partial charge in [0, 0.05) is 77.2 Å². The summed E-state index contributed by atoms with van der Waals surface area (Å²) in [6.07, 6.45) is 7.68. The van der Waals surface area contributed by atoms with Crippen LogP contribution in [0.5, 0.6) is 0 Å². The lowest BCUT2D eigenvalue weighted by molar-refractivity contribution is 0.0781. The van der Waals surface area contributed by atoms with Gasteiger partial charge in [-0.15, -0.1) is 0 Å². The van der Waals surface area contributed by atoms with Gasteiger partial charge in [0.2, 0.25) is 0 Å². The van der Waals surface area contributed by atoms with Crippen LogP contribution in [0.2, 0.25) is 0 Å². The molecule has 1 aromatic heterocycles. The topological polar surface area (TPSA) is 75.0 Å². The third-order valence-corrected chi connectivity index (χ3v) is 6.91. The minimum absolute atomic E-state index is 0.0464. The molecule has 9 heteroatoms. The summed E-state index contributed by atoms with van der Waals surface area (Å²) in [5.41, 5.74) is -0.0464. The zero-order valence-corrected chi connectivity index (χ0v) is 17.3. The number of hydrogen-bond acceptors (Lipinski definition) is 6. The van der Waals surface area contributed by atoms with Gasteiger partial charge in [-0.3, -0.25) is 9.79 Å². The lowest BCUT2D eigenvalue weighted by Gasteiger charge is -2.39. The van der Waals surface area contributed by atoms with Crippen molar-refractivity contribution in [3.05, 3.63) is 22.7 Å². The third kappa shape index (κ3) is 4.57. The molecule has 0 bridgehead atoms. The highest BCUT2D eigenvalue weighted by molar-refractivity contribution is 8.00. The van der Waals surface area contributed by atoms with Gasteiger partial charge in [-0.05, 0) is 19.1 Å². The molecule has 1 aromatic rings. The number of thioether (sulfide) groups is 1. The van der Waals surface area contributed by atoms with E-state index >= 15 is 0 Å². The Morgan fingerprint density at radius 1 is 1.33 bits per heavy atom. The summed E-state index contributed by atoms with van der Waals surface area (Å²) in [5, 5.41) is 3.58. The van der Waals surface area contributed by atoms with Gasteiger partial charge >= 0.3 is 0 Å². The van der Waals surface area contributed by atoms with Crippen molar-refractivity contribution in [1.82, 2.24) is 19.8 Å². The molecule has 0 radical (unpaired) electrons. The first kappa shape index (κ1) is 20.0. The van der Waals surface area contributed by atoms with E-state index in [1.54, 1.807) is 24.0 Å². The fourth-order valence-electron chi connectivity index (χ4n) is 3.60. The molecule has 0 spiro atoms. The van der Waals surface area contributed by atoms with Crippen LogP contribution < -0.4 is 15.8 Å². The fraction of sp³-hybridized carbons (Fsp3) is 0.722. The molecule has 27 heavy (non-hydrogen) atoms. The van der Waals surface area contributed by atoms with Gasteiger partial charge in [0.05, 0.1) is 0 Å². The Kier molecular flexibility index (Phi) is 6.64. The van der Waals surface area contributed by atoms with Crippen molar-refractivity contribution in [2.45, 2.75) is 17.6 Å². The van der Waals surface area contributed by atoms with Gasteiger partial charge in [-0.2, -0.15) is 11.8 Å². The standard InChI is InChI=1S/C18H30N6O2S/c1-19-17(21-14-18(27-3)4-12-26-13-5-18)24-10-8-23(9-11-24)15-16(25)22(2)7-6-20-15/h6-7H,4-5,8-14H2,1-3H3,(H,19,21). The summed E-state index contributed by atoms with van der Waals surface area (Å²) in [5.74, 6) is 1.47. The molecule has 3 heterocycles. The van der Waals surface area contributed by atoms with Gasteiger partial charge in [-0.25, -0.2) is 4.98 Å². The highest BCUT2D eigenvalue weighted by Gasteiger charge is 2.32. The van der Waals surface area contributed by atoms with E-state index in [0.29, 0.717) is 5.82 Å². The number of ether oxygens (including phenoxy) is 1. The number of aliphatic imine (C=N–C) groups is 1. The first-order valence-electron chi connectivity index (χ1n) is 9.44. The van der Waals surface area contributed by atoms with Gasteiger partial charge in [-0.1, -0.05) is 0 Å². The number of hydrogen-bond donors (Lipinski definition) is 1. The number of nitrogens with zero attached hydrogens (tertiary/aromatic N) is 5. The number of aromatic nitrogens is 2. The zero-order valence-electron chi connectivity index (χ0n) is 16.5. The Morgan fingerprint density at radius 3 is 2.67 bits per heavy atom. The lowest BCUT2D eigenvalue weighted by Crippen LogP contribution is -2.55. The molecule has 0 unspecified atom stereocenters. The number of anilines is 1. The molecule has 0 atom stereocenters. The SMILES string of the molecule is CN=C(NCC1(SC)CCOCC1)N1CCN(c2nccn(C)c2=O)CC1. The molecule has 8 nitrogen and oxygen atoms in total. The second-order valence-electron chi connectivity index (χ2n) is 7.04. The van der Waals surface area contributed by atoms with Crippen LogP contribution in [0.4, 0.5) is 5.82 Å². The number of nitrogens with one attached hydrogen (secondary N) is 1. The Bertz CT molecular complexity index is 708. The van der Waals surface area contributed by atoms with Crippen molar-refractivity contribution in [3.8, 4) is 0 Å². The zero-order chi connectivity index (χ0) is 19.3. The molecule has 2 saturated heterocycles. The maximum atomic E-state index is 12.3. The van der Waals surface area contributed by atoms with E-state index in [-0.39, 0.29) is 10.3 Å². The molecule has 0 saturated carbocycles. The molecule has 0 amide bonds. The summed E-state index contributed by atoms with van der Waals surface area (Å²) < 4.78 is 7.32. The smallest absolute Gasteiger partial charge is 0.293 e. The van der Waals surface area contributed by atoms with Crippen LogP contribution in [0.25, 0.3) is 0 Å². The molecule has 2 aliphatic rings. The molecule has 2 fully saturated rings. The van der Waals surface area contributed by atoms with E-state index < -0.39 is 0 Å². The van der Waals surface area contributed by atoms with Crippen LogP contribution >= 0.6 is 11.8 Å². The second-order valence-corrected chi connectivity index (χ2v) is 8.32. The van der Waals surface area contributed by atoms with Crippen molar-refractivity contribution >= 4 is 23.5 Å². The number of guanidine groups is 1. The minimum atomic E-state index is -0.0464. The third-order valence-electron chi connectivity index (χ3n) is 5.49. The molecule has 0 aliphatic carbocycles. The maximum absolute atomic E-state index is 12.3. The summed E-state index contributed by atoms with van der Waals surface area (Å²) in [7, 11) is 3.59. The number of piperazine rings is 1. The number of rotatable bonds is 4. The van der Waals surface area contributed by atoms with Crippen LogP contribution in [0.3, 0.4) is 0 Å². The summed E-state index contributed by atoms with van der Waals surface area (Å²) >= 11 is 1.92. The largest absolute Gasteiger partial charge is 0.381 e. The first-order chi connectivity index (χ1) is 13.1. The predicted octanol–water partition coefficient (Wildman–Crippen LogP) is 0.390. The Balaban J connectivity index is 1.57. The molecule has 150 valence electrons. The van der Waals surface area contributed by atoms with E-state index in [1.807, 2.05) is 18.8 Å². The van der Waals surface area contributed by atoms with Gasteiger partial charge < -0.3 is 24.4 Å². The highest BCUT2D eigenvalue weighted by atomic mass is 32.2. The van der Waals surface area contributed by atoms with Crippen molar-refractivity contribution in [2.75, 3.05) is 64.1 Å². The molecular formula is C18H30N6O2S. The summed E-state index contributed by atoms with van der Waals surface area (Å²) in [6, 6.07) is 0. The molecule has 2 aliphatic heterocycles. The Hall–Kier alpha value is -1.74. The predicted molar refractivity (Wildman–Crippen MR) is 111 cm³/mol. The van der Waals surface area contributed by atoms with Crippen molar-refractivity contribution in [1.29, 1.82) is 0 Å². The Labute approximate surface area is 165 Å². The minimum Gasteiger partial charge on any atom is -0.381 e. The second kappa shape index (κ2) is 8.97. The van der Waals surface area contributed by atoms with Crippen LogP contribution in [0.15, 0.2) is 22.2 Å². The van der Waals surface area contributed by atoms with Gasteiger partial charge in [0.1, 0.15) is 0 Å². The Morgan fingerprint density at radius 2 is 2.04 bits per heavy atom. The molecule has 3 rings (SSSR count). The van der Waals surface area contributed by atoms with Crippen LogP contribution in [0.1, 0.15) is 12.8 Å². The van der Waals surface area contributed by atoms with Crippen LogP contribution in [-0.4, -0.2) is 84.4 Å². The normalized spacial score (nSPS) is 20.6. The first-order valence-corrected chi connectivity index (χ1v) is 10.7. The van der Waals surface area contributed by atoms with Crippen molar-refractivity contribution in [3.63, 3.8) is 0 Å². The maximum Gasteiger partial charge on any atom is 0.293 e. The highest BCUT2D eigenvalue weighted by Crippen LogP contribution is 2.33. The van der Waals surface area contributed by atoms with E-state index in [9.17, 15) is 4.79 Å². The van der Waals surface area contributed by atoms with Gasteiger partial charge in [0.15, 0.2) is 11.8 Å². The molecule has 0 aromatic carbocycles. The fourth-order valence-corrected chi connectivity index (χ4v) is 4.39. The average Bonchev–Trinajstić information content (AvgIpc) is 2.72. The van der Waals surface area contributed by atoms with E-state index in [2.05, 4.69) is 31.3 Å². The summed E-state index contributed by atoms with van der Waals surface area (Å²) in [4.78, 5) is 25.4. The van der Waals surface area contributed by atoms with Crippen molar-refractivity contribution in [2.24, 2.45) is 12.0 Å². The quantitative estimate of drug-likeness (QED) is 0.585. The number of aryl methyl sites for hydroxylation is 1. The van der Waals surface area contributed by atoms with Crippen molar-refractivity contribution < 1.29 is 4.74 Å². The van der Waals surface area contributed by atoms with Gasteiger partial charge in [0.25, 0.3) is 5.56 Å². The average molecular weight is 395 g/mol.